The molecule has 8 nitrogen and oxygen atoms in total. The van der Waals surface area contributed by atoms with Crippen molar-refractivity contribution < 1.29 is 32.2 Å². The van der Waals surface area contributed by atoms with E-state index < -0.39 is 16.0 Å². The summed E-state index contributed by atoms with van der Waals surface area (Å²) in [7, 11) is -1.31. The van der Waals surface area contributed by atoms with E-state index in [0.29, 0.717) is 24.2 Å². The van der Waals surface area contributed by atoms with Crippen molar-refractivity contribution in [2.45, 2.75) is 76.2 Å². The van der Waals surface area contributed by atoms with E-state index in [0.717, 1.165) is 44.9 Å². The molecule has 0 aliphatic heterocycles. The van der Waals surface area contributed by atoms with Crippen LogP contribution in [0.15, 0.2) is 28.7 Å². The Kier molecular flexibility index (Phi) is 6.46. The number of esters is 1. The minimum absolute atomic E-state index is 0.0153. The average Bonchev–Trinajstić information content (AvgIpc) is 3.18. The van der Waals surface area contributed by atoms with E-state index >= 15 is 0 Å². The maximum atomic E-state index is 13.5. The van der Waals surface area contributed by atoms with Gasteiger partial charge in [-0.05, 0) is 80.3 Å². The Balaban J connectivity index is 1.41. The lowest BCUT2D eigenvalue weighted by molar-refractivity contribution is -0.118. The minimum atomic E-state index is -4.08. The number of fused-ring (bicyclic) bond motifs is 5. The van der Waals surface area contributed by atoms with E-state index in [1.165, 1.54) is 31.9 Å². The van der Waals surface area contributed by atoms with Crippen LogP contribution in [0.2, 0.25) is 0 Å². The zero-order valence-electron chi connectivity index (χ0n) is 22.0. The Hall–Kier alpha value is -2.39. The van der Waals surface area contributed by atoms with Crippen LogP contribution in [0.5, 0.6) is 11.5 Å². The van der Waals surface area contributed by atoms with Crippen molar-refractivity contribution >= 4 is 21.8 Å². The molecule has 0 amide bonds. The molecule has 3 fully saturated rings. The van der Waals surface area contributed by atoms with E-state index in [1.807, 2.05) is 6.08 Å². The molecule has 0 saturated heterocycles. The molecule has 4 aliphatic carbocycles. The van der Waals surface area contributed by atoms with Crippen LogP contribution in [0.3, 0.4) is 0 Å². The monoisotopic (exact) mass is 531 g/mol. The Morgan fingerprint density at radius 3 is 2.43 bits per heavy atom. The lowest BCUT2D eigenvalue weighted by Crippen LogP contribution is -2.51. The lowest BCUT2D eigenvalue weighted by atomic mass is 9.47. The van der Waals surface area contributed by atoms with Crippen LogP contribution in [0.1, 0.15) is 75.6 Å². The quantitative estimate of drug-likeness (QED) is 0.559. The van der Waals surface area contributed by atoms with Gasteiger partial charge in [-0.25, -0.2) is 18.4 Å². The summed E-state index contributed by atoms with van der Waals surface area (Å²) in [6.07, 6.45) is 9.00. The molecule has 5 rings (SSSR count). The molecule has 4 aliphatic rings. The maximum absolute atomic E-state index is 13.5. The maximum Gasteiger partial charge on any atom is 0.342 e. The Morgan fingerprint density at radius 1 is 1.00 bits per heavy atom. The van der Waals surface area contributed by atoms with Gasteiger partial charge in [-0.3, -0.25) is 4.79 Å². The van der Waals surface area contributed by atoms with Gasteiger partial charge in [0.2, 0.25) is 10.0 Å². The number of ether oxygens (including phenoxy) is 3. The third-order valence-corrected chi connectivity index (χ3v) is 11.0. The third-order valence-electron chi connectivity index (χ3n) is 10.1. The summed E-state index contributed by atoms with van der Waals surface area (Å²) in [5.74, 6) is 1.37. The van der Waals surface area contributed by atoms with Crippen molar-refractivity contribution in [2.24, 2.45) is 33.7 Å². The van der Waals surface area contributed by atoms with Gasteiger partial charge in [0.25, 0.3) is 0 Å². The van der Waals surface area contributed by atoms with Crippen LogP contribution in [-0.4, -0.2) is 40.5 Å². The molecule has 0 heterocycles. The first-order valence-electron chi connectivity index (χ1n) is 13.2. The molecule has 0 radical (unpaired) electrons. The number of rotatable bonds is 5. The van der Waals surface area contributed by atoms with Gasteiger partial charge in [-0.1, -0.05) is 19.4 Å². The summed E-state index contributed by atoms with van der Waals surface area (Å²) < 4.78 is 40.9. The molecule has 37 heavy (non-hydrogen) atoms. The van der Waals surface area contributed by atoms with Gasteiger partial charge < -0.3 is 14.2 Å². The second kappa shape index (κ2) is 9.12. The summed E-state index contributed by atoms with van der Waals surface area (Å²) in [6.45, 7) is 4.60. The fourth-order valence-corrected chi connectivity index (χ4v) is 8.71. The second-order valence-corrected chi connectivity index (χ2v) is 13.3. The smallest absolute Gasteiger partial charge is 0.342 e. The van der Waals surface area contributed by atoms with Gasteiger partial charge in [-0.2, -0.15) is 0 Å². The molecule has 9 heteroatoms. The number of carbonyl (C=O) groups is 2. The number of methoxy groups -OCH3 is 2. The van der Waals surface area contributed by atoms with E-state index in [9.17, 15) is 18.0 Å². The predicted molar refractivity (Wildman–Crippen MR) is 137 cm³/mol. The minimum Gasteiger partial charge on any atom is -0.493 e. The van der Waals surface area contributed by atoms with Gasteiger partial charge in [0.1, 0.15) is 11.7 Å². The van der Waals surface area contributed by atoms with E-state index in [4.69, 9.17) is 19.3 Å². The predicted octanol–water partition coefficient (Wildman–Crippen LogP) is 4.41. The molecule has 1 aromatic rings. The van der Waals surface area contributed by atoms with Crippen molar-refractivity contribution in [3.63, 3.8) is 0 Å². The first kappa shape index (κ1) is 26.2. The summed E-state index contributed by atoms with van der Waals surface area (Å²) >= 11 is 0. The molecule has 0 bridgehead atoms. The normalized spacial score (nSPS) is 35.1. The number of carbonyl (C=O) groups excluding carboxylic acids is 2. The fourth-order valence-electron chi connectivity index (χ4n) is 8.15. The van der Waals surface area contributed by atoms with Crippen molar-refractivity contribution in [3.8, 4) is 11.5 Å². The van der Waals surface area contributed by atoms with Crippen molar-refractivity contribution in [1.29, 1.82) is 0 Å². The number of primary sulfonamides is 1. The molecule has 6 atom stereocenters. The van der Waals surface area contributed by atoms with Crippen LogP contribution in [0.25, 0.3) is 0 Å². The van der Waals surface area contributed by atoms with E-state index in [2.05, 4.69) is 13.8 Å². The molecule has 1 aromatic carbocycles. The van der Waals surface area contributed by atoms with Gasteiger partial charge in [0.05, 0.1) is 19.1 Å². The number of benzene rings is 1. The Labute approximate surface area is 219 Å². The molecule has 2 N–H and O–H groups in total. The van der Waals surface area contributed by atoms with E-state index in [1.54, 1.807) is 0 Å². The number of ketones is 1. The van der Waals surface area contributed by atoms with E-state index in [-0.39, 0.29) is 44.7 Å². The molecule has 3 unspecified atom stereocenters. The zero-order valence-corrected chi connectivity index (χ0v) is 22.9. The highest BCUT2D eigenvalue weighted by Gasteiger charge is 2.60. The summed E-state index contributed by atoms with van der Waals surface area (Å²) in [4.78, 5) is 25.3. The first-order valence-corrected chi connectivity index (χ1v) is 14.7. The number of hydrogen-bond acceptors (Lipinski definition) is 7. The van der Waals surface area contributed by atoms with Crippen LogP contribution in [-0.2, 0) is 19.6 Å². The average molecular weight is 532 g/mol. The fraction of sp³-hybridized carbons (Fsp3) is 0.643. The molecule has 3 saturated carbocycles. The number of sulfonamides is 1. The molecule has 0 aromatic heterocycles. The molecule has 202 valence electrons. The number of nitrogens with two attached hydrogens (primary N) is 1. The highest BCUT2D eigenvalue weighted by atomic mass is 32.2. The molecular weight excluding hydrogens is 494 g/mol. The van der Waals surface area contributed by atoms with Crippen LogP contribution >= 0.6 is 0 Å². The van der Waals surface area contributed by atoms with Gasteiger partial charge >= 0.3 is 5.97 Å². The first-order chi connectivity index (χ1) is 17.4. The third kappa shape index (κ3) is 4.18. The van der Waals surface area contributed by atoms with Gasteiger partial charge in [-0.15, -0.1) is 0 Å². The lowest BCUT2D eigenvalue weighted by Gasteiger charge is -2.57. The topological polar surface area (TPSA) is 122 Å². The number of hydrogen-bond donors (Lipinski definition) is 1. The van der Waals surface area contributed by atoms with Crippen molar-refractivity contribution in [3.05, 3.63) is 29.3 Å². The largest absolute Gasteiger partial charge is 0.493 e. The van der Waals surface area contributed by atoms with Crippen LogP contribution < -0.4 is 14.6 Å². The summed E-state index contributed by atoms with van der Waals surface area (Å²) in [5.41, 5.74) is 1.25. The van der Waals surface area contributed by atoms with Crippen LogP contribution in [0.4, 0.5) is 0 Å². The van der Waals surface area contributed by atoms with Gasteiger partial charge in [0.15, 0.2) is 17.3 Å². The standard InChI is InChI=1S/C28H37NO7S/c1-27-11-9-17(30)13-16(27)5-6-19-21-7-8-24(28(21,2)12-10-22(19)27)36-26(31)20-14-18(37(29,32)33)15-23(34-3)25(20)35-4/h13-15,19,21-22,24H,5-12H2,1-4H3,(H2,29,32,33)/t19?,21?,22?,24-,27-,28-/m0/s1. The molecule has 0 spiro atoms. The van der Waals surface area contributed by atoms with Crippen molar-refractivity contribution in [1.82, 2.24) is 0 Å². The Bertz CT molecular complexity index is 1270. The SMILES string of the molecule is COc1cc(S(N)(=O)=O)cc(C(=O)O[C@H]2CCC3C4CCC5=CC(=O)CC[C@]5(C)C4CC[C@@]32C)c1OC. The van der Waals surface area contributed by atoms with Crippen LogP contribution in [0, 0.1) is 28.6 Å². The summed E-state index contributed by atoms with van der Waals surface area (Å²) in [6, 6.07) is 2.44. The zero-order chi connectivity index (χ0) is 26.8. The van der Waals surface area contributed by atoms with Crippen molar-refractivity contribution in [2.75, 3.05) is 14.2 Å². The highest BCUT2D eigenvalue weighted by Crippen LogP contribution is 2.65. The Morgan fingerprint density at radius 2 is 1.76 bits per heavy atom. The van der Waals surface area contributed by atoms with Gasteiger partial charge in [0, 0.05) is 17.9 Å². The highest BCUT2D eigenvalue weighted by molar-refractivity contribution is 7.89. The number of allylic oxidation sites excluding steroid dienone is 1. The summed E-state index contributed by atoms with van der Waals surface area (Å²) in [5, 5.41) is 5.34. The second-order valence-electron chi connectivity index (χ2n) is 11.7. The molecular formula is C28H37NO7S.